The molecule has 0 radical (unpaired) electrons. The second-order valence-electron chi connectivity index (χ2n) is 7.21. The number of nitrogens with zero attached hydrogens (tertiary/aromatic N) is 5. The minimum atomic E-state index is -0.377. The van der Waals surface area contributed by atoms with Crippen LogP contribution >= 0.6 is 11.6 Å². The first-order valence-corrected chi connectivity index (χ1v) is 10.3. The van der Waals surface area contributed by atoms with Crippen LogP contribution in [0.2, 0.25) is 5.02 Å². The Hall–Kier alpha value is -3.46. The molecule has 31 heavy (non-hydrogen) atoms. The second-order valence-corrected chi connectivity index (χ2v) is 7.64. The van der Waals surface area contributed by atoms with E-state index < -0.39 is 0 Å². The zero-order valence-electron chi connectivity index (χ0n) is 17.0. The fraction of sp³-hybridized carbons (Fsp3) is 0.286. The minimum Gasteiger partial charge on any atom is -0.368 e. The highest BCUT2D eigenvalue weighted by Gasteiger charge is 2.34. The summed E-state index contributed by atoms with van der Waals surface area (Å²) in [5.74, 6) is 1.61. The van der Waals surface area contributed by atoms with Crippen LogP contribution in [0.5, 0.6) is 0 Å². The third-order valence-electron chi connectivity index (χ3n) is 5.09. The fourth-order valence-electron chi connectivity index (χ4n) is 3.47. The van der Waals surface area contributed by atoms with Crippen LogP contribution in [0.15, 0.2) is 49.1 Å². The molecule has 1 aliphatic heterocycles. The lowest BCUT2D eigenvalue weighted by molar-refractivity contribution is -0.126. The highest BCUT2D eigenvalue weighted by molar-refractivity contribution is 6.30. The average molecular weight is 440 g/mol. The first kappa shape index (κ1) is 20.8. The standard InChI is InChI=1S/C21H22ClN7O2/c1-14-23-8-9-28(14)19-11-18(26-13-27-19)24-6-7-25-21(31)15-10-20(30)29(12-15)17-4-2-16(22)3-5-17/h2-5,8-9,11,13,15H,6-7,10,12H2,1H3,(H,25,31)(H,24,26,27)/t15-/m0/s1. The van der Waals surface area contributed by atoms with Crippen molar-refractivity contribution in [2.24, 2.45) is 5.92 Å². The van der Waals surface area contributed by atoms with Crippen molar-refractivity contribution in [2.45, 2.75) is 13.3 Å². The van der Waals surface area contributed by atoms with Crippen LogP contribution in [0.1, 0.15) is 12.2 Å². The van der Waals surface area contributed by atoms with Gasteiger partial charge in [0.1, 0.15) is 23.8 Å². The van der Waals surface area contributed by atoms with Crippen LogP contribution in [0.4, 0.5) is 11.5 Å². The molecule has 1 fully saturated rings. The first-order chi connectivity index (χ1) is 15.0. The molecular formula is C21H22ClN7O2. The van der Waals surface area contributed by atoms with E-state index in [1.165, 1.54) is 6.33 Å². The van der Waals surface area contributed by atoms with Crippen molar-refractivity contribution in [1.82, 2.24) is 24.8 Å². The van der Waals surface area contributed by atoms with Crippen LogP contribution in [-0.4, -0.2) is 51.0 Å². The number of rotatable bonds is 7. The van der Waals surface area contributed by atoms with Crippen molar-refractivity contribution in [3.05, 3.63) is 59.9 Å². The molecule has 1 aliphatic rings. The van der Waals surface area contributed by atoms with Crippen molar-refractivity contribution in [3.63, 3.8) is 0 Å². The number of nitrogens with one attached hydrogen (secondary N) is 2. The van der Waals surface area contributed by atoms with Gasteiger partial charge >= 0.3 is 0 Å². The summed E-state index contributed by atoms with van der Waals surface area (Å²) < 4.78 is 1.86. The second kappa shape index (κ2) is 9.13. The van der Waals surface area contributed by atoms with E-state index >= 15 is 0 Å². The molecule has 1 saturated heterocycles. The zero-order chi connectivity index (χ0) is 21.8. The lowest BCUT2D eigenvalue weighted by atomic mass is 10.1. The van der Waals surface area contributed by atoms with E-state index in [9.17, 15) is 9.59 Å². The van der Waals surface area contributed by atoms with Gasteiger partial charge < -0.3 is 15.5 Å². The third kappa shape index (κ3) is 4.83. The largest absolute Gasteiger partial charge is 0.368 e. The monoisotopic (exact) mass is 439 g/mol. The maximum absolute atomic E-state index is 12.5. The Bertz CT molecular complexity index is 1080. The van der Waals surface area contributed by atoms with Crippen LogP contribution in [0, 0.1) is 12.8 Å². The van der Waals surface area contributed by atoms with E-state index in [1.807, 2.05) is 23.8 Å². The Morgan fingerprint density at radius 3 is 2.74 bits per heavy atom. The van der Waals surface area contributed by atoms with E-state index in [2.05, 4.69) is 25.6 Å². The molecule has 0 aliphatic carbocycles. The summed E-state index contributed by atoms with van der Waals surface area (Å²) in [5, 5.41) is 6.66. The van der Waals surface area contributed by atoms with Gasteiger partial charge in [-0.05, 0) is 31.2 Å². The lowest BCUT2D eigenvalue weighted by Gasteiger charge is -2.17. The van der Waals surface area contributed by atoms with Crippen LogP contribution in [0.3, 0.4) is 0 Å². The molecule has 9 nitrogen and oxygen atoms in total. The van der Waals surface area contributed by atoms with E-state index in [0.29, 0.717) is 36.3 Å². The molecule has 10 heteroatoms. The molecule has 1 aromatic carbocycles. The van der Waals surface area contributed by atoms with Gasteiger partial charge in [-0.2, -0.15) is 0 Å². The summed E-state index contributed by atoms with van der Waals surface area (Å²) >= 11 is 5.91. The van der Waals surface area contributed by atoms with Gasteiger partial charge in [-0.25, -0.2) is 15.0 Å². The van der Waals surface area contributed by atoms with Crippen LogP contribution in [0.25, 0.3) is 5.82 Å². The highest BCUT2D eigenvalue weighted by atomic mass is 35.5. The number of carbonyl (C=O) groups is 2. The molecule has 4 rings (SSSR count). The van der Waals surface area contributed by atoms with E-state index in [-0.39, 0.29) is 24.2 Å². The van der Waals surface area contributed by atoms with Gasteiger partial charge in [0.05, 0.1) is 5.92 Å². The zero-order valence-corrected chi connectivity index (χ0v) is 17.7. The Kier molecular flexibility index (Phi) is 6.13. The van der Waals surface area contributed by atoms with Gasteiger partial charge in [0.15, 0.2) is 0 Å². The van der Waals surface area contributed by atoms with Crippen molar-refractivity contribution in [3.8, 4) is 5.82 Å². The molecule has 1 atom stereocenters. The average Bonchev–Trinajstić information content (AvgIpc) is 3.37. The summed E-state index contributed by atoms with van der Waals surface area (Å²) in [6.07, 6.45) is 5.21. The number of aromatic nitrogens is 4. The number of anilines is 2. The Morgan fingerprint density at radius 1 is 1.19 bits per heavy atom. The van der Waals surface area contributed by atoms with E-state index in [0.717, 1.165) is 11.5 Å². The SMILES string of the molecule is Cc1nccn1-c1cc(NCCNC(=O)[C@H]2CC(=O)N(c3ccc(Cl)cc3)C2)ncn1. The number of carbonyl (C=O) groups excluding carboxylic acids is 2. The van der Waals surface area contributed by atoms with Crippen molar-refractivity contribution in [1.29, 1.82) is 0 Å². The summed E-state index contributed by atoms with van der Waals surface area (Å²) in [4.78, 5) is 39.1. The molecule has 160 valence electrons. The molecule has 0 saturated carbocycles. The molecule has 0 bridgehead atoms. The molecule has 0 unspecified atom stereocenters. The summed E-state index contributed by atoms with van der Waals surface area (Å²) in [6, 6.07) is 8.85. The molecule has 2 amide bonds. The fourth-order valence-corrected chi connectivity index (χ4v) is 3.60. The number of hydrogen-bond donors (Lipinski definition) is 2. The normalized spacial score (nSPS) is 15.9. The van der Waals surface area contributed by atoms with Gasteiger partial charge in [-0.3, -0.25) is 14.2 Å². The summed E-state index contributed by atoms with van der Waals surface area (Å²) in [7, 11) is 0. The summed E-state index contributed by atoms with van der Waals surface area (Å²) in [5.41, 5.74) is 0.749. The molecule has 3 aromatic rings. The highest BCUT2D eigenvalue weighted by Crippen LogP contribution is 2.26. The third-order valence-corrected chi connectivity index (χ3v) is 5.34. The number of amides is 2. The van der Waals surface area contributed by atoms with Gasteiger partial charge in [0, 0.05) is 55.2 Å². The van der Waals surface area contributed by atoms with Crippen LogP contribution < -0.4 is 15.5 Å². The predicted octanol–water partition coefficient (Wildman–Crippen LogP) is 2.21. The number of aryl methyl sites for hydroxylation is 1. The van der Waals surface area contributed by atoms with Crippen molar-refractivity contribution >= 4 is 34.9 Å². The smallest absolute Gasteiger partial charge is 0.227 e. The topological polar surface area (TPSA) is 105 Å². The van der Waals surface area contributed by atoms with Crippen molar-refractivity contribution < 1.29 is 9.59 Å². The maximum Gasteiger partial charge on any atom is 0.227 e. The van der Waals surface area contributed by atoms with Crippen LogP contribution in [-0.2, 0) is 9.59 Å². The Morgan fingerprint density at radius 2 is 2.00 bits per heavy atom. The number of hydrogen-bond acceptors (Lipinski definition) is 6. The lowest BCUT2D eigenvalue weighted by Crippen LogP contribution is -2.35. The number of benzene rings is 1. The van der Waals surface area contributed by atoms with Gasteiger partial charge in [-0.15, -0.1) is 0 Å². The molecular weight excluding hydrogens is 418 g/mol. The van der Waals surface area contributed by atoms with E-state index in [4.69, 9.17) is 11.6 Å². The van der Waals surface area contributed by atoms with Crippen molar-refractivity contribution in [2.75, 3.05) is 29.9 Å². The summed E-state index contributed by atoms with van der Waals surface area (Å²) in [6.45, 7) is 3.16. The molecule has 2 aromatic heterocycles. The van der Waals surface area contributed by atoms with Gasteiger partial charge in [-0.1, -0.05) is 11.6 Å². The van der Waals surface area contributed by atoms with Gasteiger partial charge in [0.25, 0.3) is 0 Å². The van der Waals surface area contributed by atoms with E-state index in [1.54, 1.807) is 35.4 Å². The quantitative estimate of drug-likeness (QED) is 0.547. The van der Waals surface area contributed by atoms with Gasteiger partial charge in [0.2, 0.25) is 11.8 Å². The molecule has 2 N–H and O–H groups in total. The Labute approximate surface area is 184 Å². The molecule has 0 spiro atoms. The Balaban J connectivity index is 1.26. The number of imidazole rings is 1. The molecule has 3 heterocycles. The predicted molar refractivity (Wildman–Crippen MR) is 117 cm³/mol. The first-order valence-electron chi connectivity index (χ1n) is 9.91. The maximum atomic E-state index is 12.5. The number of halogens is 1. The minimum absolute atomic E-state index is 0.0658.